The van der Waals surface area contributed by atoms with Crippen LogP contribution in [0.3, 0.4) is 0 Å². The van der Waals surface area contributed by atoms with Gasteiger partial charge in [0.2, 0.25) is 0 Å². The van der Waals surface area contributed by atoms with Gasteiger partial charge in [-0.2, -0.15) is 0 Å². The lowest BCUT2D eigenvalue weighted by Crippen LogP contribution is -2.33. The normalized spacial score (nSPS) is 9.75. The fraction of sp³-hybridized carbons (Fsp3) is 0.122. The zero-order valence-corrected chi connectivity index (χ0v) is 27.1. The molecule has 0 radical (unpaired) electrons. The van der Waals surface area contributed by atoms with Gasteiger partial charge in [0.1, 0.15) is 6.54 Å². The van der Waals surface area contributed by atoms with Crippen LogP contribution < -0.4 is 0 Å². The number of nitrogens with zero attached hydrogens (tertiary/aromatic N) is 4. The van der Waals surface area contributed by atoms with Gasteiger partial charge in [-0.3, -0.25) is 9.97 Å². The quantitative estimate of drug-likeness (QED) is 0.0984. The molecule has 0 atom stereocenters. The van der Waals surface area contributed by atoms with E-state index in [0.717, 1.165) is 61.1 Å². The van der Waals surface area contributed by atoms with Gasteiger partial charge in [0.15, 0.2) is 0 Å². The maximum Gasteiger partial charge on any atom is 0.104 e. The highest BCUT2D eigenvalue weighted by Crippen LogP contribution is 2.19. The predicted molar refractivity (Wildman–Crippen MR) is 189 cm³/mol. The molecule has 5 rings (SSSR count). The second kappa shape index (κ2) is 16.6. The summed E-state index contributed by atoms with van der Waals surface area (Å²) in [6.07, 6.45) is 6.99. The van der Waals surface area contributed by atoms with Crippen LogP contribution in [-0.2, 0) is 6.54 Å². The molecule has 0 aliphatic rings. The molecule has 2 heterocycles. The molecule has 7 nitrogen and oxygen atoms in total. The van der Waals surface area contributed by atoms with E-state index in [1.807, 2.05) is 72.8 Å². The van der Waals surface area contributed by atoms with Crippen LogP contribution in [0.1, 0.15) is 55.6 Å². The number of hydrogen-bond acceptors (Lipinski definition) is 5. The van der Waals surface area contributed by atoms with Crippen LogP contribution >= 0.6 is 0 Å². The van der Waals surface area contributed by atoms with Gasteiger partial charge in [-0.05, 0) is 97.4 Å². The molecule has 0 aliphatic carbocycles. The van der Waals surface area contributed by atoms with E-state index in [9.17, 15) is 0 Å². The molecular formula is C41H32N4O3. The zero-order valence-electron chi connectivity index (χ0n) is 27.1. The van der Waals surface area contributed by atoms with E-state index in [1.54, 1.807) is 24.8 Å². The first-order valence-corrected chi connectivity index (χ1v) is 14.9. The Hall–Kier alpha value is -6.64. The lowest BCUT2D eigenvalue weighted by Gasteiger charge is -2.24. The summed E-state index contributed by atoms with van der Waals surface area (Å²) < 4.78 is 0.812. The molecule has 0 aliphatic heterocycles. The molecule has 234 valence electrons. The smallest absolute Gasteiger partial charge is 0.104 e. The van der Waals surface area contributed by atoms with Crippen LogP contribution in [0.25, 0.3) is 0 Å². The minimum atomic E-state index is -1.75. The average Bonchev–Trinajstić information content (AvgIpc) is 3.07. The summed E-state index contributed by atoms with van der Waals surface area (Å²) >= 11 is 0. The SMILES string of the molecule is Cc1c(C#Cc2ccc(C#Cc3ccncc3)cc2)cc(C[N+](C)(C)C)cc1C#Cc1ccc(C#Cc2ccncc2)cc1.O=[N+]([O-])[O-]. The van der Waals surface area contributed by atoms with Crippen molar-refractivity contribution in [1.29, 1.82) is 0 Å². The van der Waals surface area contributed by atoms with Gasteiger partial charge in [-0.1, -0.05) is 47.4 Å². The third kappa shape index (κ3) is 11.7. The molecule has 2 aromatic heterocycles. The van der Waals surface area contributed by atoms with Crippen LogP contribution in [-0.4, -0.2) is 40.7 Å². The Labute approximate surface area is 281 Å². The monoisotopic (exact) mass is 628 g/mol. The van der Waals surface area contributed by atoms with Gasteiger partial charge in [-0.15, -0.1) is 0 Å². The summed E-state index contributed by atoms with van der Waals surface area (Å²) in [7, 11) is 6.57. The first kappa shape index (κ1) is 34.2. The molecule has 0 spiro atoms. The minimum Gasteiger partial charge on any atom is -0.356 e. The van der Waals surface area contributed by atoms with Crippen molar-refractivity contribution >= 4 is 0 Å². The Bertz CT molecular complexity index is 1980. The zero-order chi connectivity index (χ0) is 34.4. The maximum atomic E-state index is 8.25. The van der Waals surface area contributed by atoms with E-state index in [2.05, 4.69) is 97.5 Å². The first-order chi connectivity index (χ1) is 23.0. The minimum absolute atomic E-state index is 0.812. The first-order valence-electron chi connectivity index (χ1n) is 14.9. The summed E-state index contributed by atoms with van der Waals surface area (Å²) in [6.45, 7) is 2.97. The highest BCUT2D eigenvalue weighted by atomic mass is 16.9. The van der Waals surface area contributed by atoms with Crippen LogP contribution in [0.5, 0.6) is 0 Å². The number of benzene rings is 3. The van der Waals surface area contributed by atoms with E-state index in [1.165, 1.54) is 5.56 Å². The largest absolute Gasteiger partial charge is 0.356 e. The van der Waals surface area contributed by atoms with E-state index in [4.69, 9.17) is 15.3 Å². The van der Waals surface area contributed by atoms with Gasteiger partial charge in [0, 0.05) is 74.9 Å². The number of pyridine rings is 2. The molecule has 0 saturated carbocycles. The maximum absolute atomic E-state index is 8.25. The van der Waals surface area contributed by atoms with E-state index in [0.29, 0.717) is 0 Å². The van der Waals surface area contributed by atoms with Crippen molar-refractivity contribution in [2.75, 3.05) is 21.1 Å². The number of rotatable bonds is 2. The van der Waals surface area contributed by atoms with Crippen LogP contribution in [0.15, 0.2) is 110 Å². The number of hydrogen-bond donors (Lipinski definition) is 0. The van der Waals surface area contributed by atoms with Crippen molar-refractivity contribution in [2.24, 2.45) is 0 Å². The highest BCUT2D eigenvalue weighted by molar-refractivity contribution is 5.57. The summed E-state index contributed by atoms with van der Waals surface area (Å²) in [4.78, 5) is 16.3. The molecule has 0 amide bonds. The summed E-state index contributed by atoms with van der Waals surface area (Å²) in [5, 5.41) is 14.8. The third-order valence-corrected chi connectivity index (χ3v) is 6.64. The Kier molecular flexibility index (Phi) is 11.8. The molecule has 0 unspecified atom stereocenters. The van der Waals surface area contributed by atoms with Crippen LogP contribution in [0, 0.1) is 69.6 Å². The van der Waals surface area contributed by atoms with Crippen molar-refractivity contribution in [3.8, 4) is 47.4 Å². The standard InChI is InChI=1S/C41H32N3.NO3/c1-32-40(19-17-35-9-5-33(6-10-35)13-15-37-21-25-42-26-22-37)29-39(31-44(2,3)4)30-41(32)20-18-36-11-7-34(8-12-36)14-16-38-23-27-43-28-24-38;2-1(3)4/h5-12,21-30H,31H2,1-4H3;/q+1;-1. The number of aromatic nitrogens is 2. The van der Waals surface area contributed by atoms with Crippen LogP contribution in [0.4, 0.5) is 0 Å². The molecule has 3 aromatic carbocycles. The van der Waals surface area contributed by atoms with Gasteiger partial charge in [-0.25, -0.2) is 0 Å². The second-order valence-corrected chi connectivity index (χ2v) is 11.6. The summed E-state index contributed by atoms with van der Waals surface area (Å²) in [5.41, 5.74) is 9.92. The molecule has 48 heavy (non-hydrogen) atoms. The molecule has 0 bridgehead atoms. The topological polar surface area (TPSA) is 92.0 Å². The average molecular weight is 629 g/mol. The molecule has 7 heteroatoms. The lowest BCUT2D eigenvalue weighted by atomic mass is 9.97. The molecule has 0 saturated heterocycles. The van der Waals surface area contributed by atoms with Gasteiger partial charge in [0.05, 0.1) is 26.2 Å². The van der Waals surface area contributed by atoms with Gasteiger partial charge >= 0.3 is 0 Å². The van der Waals surface area contributed by atoms with Gasteiger partial charge < -0.3 is 19.8 Å². The van der Waals surface area contributed by atoms with E-state index < -0.39 is 5.09 Å². The Balaban J connectivity index is 0.00000123. The molecule has 0 fully saturated rings. The van der Waals surface area contributed by atoms with E-state index in [-0.39, 0.29) is 0 Å². The van der Waals surface area contributed by atoms with Crippen molar-refractivity contribution in [3.63, 3.8) is 0 Å². The fourth-order valence-corrected chi connectivity index (χ4v) is 4.38. The molecule has 5 aromatic rings. The van der Waals surface area contributed by atoms with Crippen molar-refractivity contribution < 1.29 is 9.57 Å². The second-order valence-electron chi connectivity index (χ2n) is 11.6. The van der Waals surface area contributed by atoms with Crippen molar-refractivity contribution in [3.05, 3.63) is 181 Å². The summed E-state index contributed by atoms with van der Waals surface area (Å²) in [6, 6.07) is 28.1. The third-order valence-electron chi connectivity index (χ3n) is 6.64. The fourth-order valence-electron chi connectivity index (χ4n) is 4.38. The van der Waals surface area contributed by atoms with E-state index >= 15 is 0 Å². The van der Waals surface area contributed by atoms with Crippen molar-refractivity contribution in [1.82, 2.24) is 9.97 Å². The highest BCUT2D eigenvalue weighted by Gasteiger charge is 2.12. The summed E-state index contributed by atoms with van der Waals surface area (Å²) in [5.74, 6) is 26.3. The molecular weight excluding hydrogens is 596 g/mol. The Morgan fingerprint density at radius 3 is 1.10 bits per heavy atom. The Morgan fingerprint density at radius 2 is 0.812 bits per heavy atom. The number of quaternary nitrogens is 1. The van der Waals surface area contributed by atoms with Crippen molar-refractivity contribution in [2.45, 2.75) is 13.5 Å². The predicted octanol–water partition coefficient (Wildman–Crippen LogP) is 6.35. The lowest BCUT2D eigenvalue weighted by molar-refractivity contribution is -0.884. The Morgan fingerprint density at radius 1 is 0.542 bits per heavy atom. The van der Waals surface area contributed by atoms with Gasteiger partial charge in [0.25, 0.3) is 0 Å². The van der Waals surface area contributed by atoms with Crippen LogP contribution in [0.2, 0.25) is 0 Å². The molecule has 0 N–H and O–H groups in total.